The lowest BCUT2D eigenvalue weighted by Gasteiger charge is -2.00. The number of hydrogen-bond donors (Lipinski definition) is 0. The highest BCUT2D eigenvalue weighted by Gasteiger charge is 2.13. The largest absolute Gasteiger partial charge is 0.295 e. The summed E-state index contributed by atoms with van der Waals surface area (Å²) in [4.78, 5) is 10.9. The van der Waals surface area contributed by atoms with Gasteiger partial charge < -0.3 is 0 Å². The Balaban J connectivity index is 2.03. The molecule has 1 heteroatoms. The van der Waals surface area contributed by atoms with Gasteiger partial charge in [-0.15, -0.1) is 0 Å². The molecule has 0 spiro atoms. The van der Waals surface area contributed by atoms with Gasteiger partial charge in [0, 0.05) is 6.42 Å². The summed E-state index contributed by atoms with van der Waals surface area (Å²) in [6, 6.07) is 0. The molecule has 0 fully saturated rings. The summed E-state index contributed by atoms with van der Waals surface area (Å²) in [5.41, 5.74) is 0. The molecule has 0 saturated heterocycles. The van der Waals surface area contributed by atoms with Crippen molar-refractivity contribution in [2.24, 2.45) is 5.92 Å². The molecule has 0 bridgehead atoms. The number of rotatable bonds is 6. The summed E-state index contributed by atoms with van der Waals surface area (Å²) in [5.74, 6) is 0.763. The molecule has 0 radical (unpaired) electrons. The first-order chi connectivity index (χ1) is 6.83. The molecule has 0 aromatic rings. The second-order valence-electron chi connectivity index (χ2n) is 3.99. The van der Waals surface area contributed by atoms with Crippen molar-refractivity contribution in [2.75, 3.05) is 0 Å². The Bertz CT molecular complexity index is 225. The number of carbonyl (C=O) groups excluding carboxylic acids is 1. The van der Waals surface area contributed by atoms with Gasteiger partial charge in [-0.1, -0.05) is 38.0 Å². The number of ketones is 1. The van der Waals surface area contributed by atoms with Crippen molar-refractivity contribution in [3.8, 4) is 0 Å². The standard InChI is InChI=1S/C13H20O/c1-2-3-4-5-6-7-8-12-9-10-13(14)11-12/h6-7,9-10,12H,2-5,8,11H2,1H3/b7-6-/t12-/m0/s1. The SMILES string of the molecule is CCCCC/C=C\C[C@H]1C=CC(=O)C1. The molecule has 1 rings (SSSR count). The first kappa shape index (κ1) is 11.2. The highest BCUT2D eigenvalue weighted by Crippen LogP contribution is 2.18. The Morgan fingerprint density at radius 2 is 2.29 bits per heavy atom. The van der Waals surface area contributed by atoms with E-state index in [9.17, 15) is 4.79 Å². The van der Waals surface area contributed by atoms with E-state index in [1.165, 1.54) is 25.7 Å². The Morgan fingerprint density at radius 3 is 2.93 bits per heavy atom. The molecule has 14 heavy (non-hydrogen) atoms. The highest BCUT2D eigenvalue weighted by molar-refractivity contribution is 5.92. The Labute approximate surface area is 86.9 Å². The maximum absolute atomic E-state index is 10.9. The normalized spacial score (nSPS) is 21.2. The molecule has 0 aliphatic heterocycles. The lowest BCUT2D eigenvalue weighted by molar-refractivity contribution is -0.114. The molecule has 0 amide bonds. The van der Waals surface area contributed by atoms with Gasteiger partial charge in [0.25, 0.3) is 0 Å². The topological polar surface area (TPSA) is 17.1 Å². The number of hydrogen-bond acceptors (Lipinski definition) is 1. The van der Waals surface area contributed by atoms with Gasteiger partial charge in [-0.05, 0) is 31.3 Å². The van der Waals surface area contributed by atoms with Crippen LogP contribution in [0, 0.1) is 5.92 Å². The average Bonchev–Trinajstić information content (AvgIpc) is 2.58. The third kappa shape index (κ3) is 4.40. The van der Waals surface area contributed by atoms with E-state index in [2.05, 4.69) is 19.1 Å². The molecule has 1 aliphatic carbocycles. The lowest BCUT2D eigenvalue weighted by atomic mass is 10.0. The molecule has 1 aliphatic rings. The lowest BCUT2D eigenvalue weighted by Crippen LogP contribution is -1.94. The monoisotopic (exact) mass is 192 g/mol. The smallest absolute Gasteiger partial charge is 0.155 e. The van der Waals surface area contributed by atoms with Crippen LogP contribution in [0.1, 0.15) is 45.4 Å². The molecular weight excluding hydrogens is 172 g/mol. The van der Waals surface area contributed by atoms with Crippen LogP contribution < -0.4 is 0 Å². The molecule has 1 atom stereocenters. The van der Waals surface area contributed by atoms with Crippen molar-refractivity contribution in [1.29, 1.82) is 0 Å². The molecule has 0 unspecified atom stereocenters. The van der Waals surface area contributed by atoms with Crippen molar-refractivity contribution >= 4 is 5.78 Å². The van der Waals surface area contributed by atoms with Crippen LogP contribution >= 0.6 is 0 Å². The molecule has 0 saturated carbocycles. The van der Waals surface area contributed by atoms with Gasteiger partial charge >= 0.3 is 0 Å². The molecule has 0 aromatic carbocycles. The summed E-state index contributed by atoms with van der Waals surface area (Å²) in [7, 11) is 0. The molecule has 78 valence electrons. The van der Waals surface area contributed by atoms with Crippen molar-refractivity contribution in [3.63, 3.8) is 0 Å². The maximum Gasteiger partial charge on any atom is 0.155 e. The fourth-order valence-corrected chi connectivity index (χ4v) is 1.70. The zero-order valence-corrected chi connectivity index (χ0v) is 9.04. The summed E-state index contributed by atoms with van der Waals surface area (Å²) < 4.78 is 0. The predicted octanol–water partition coefficient (Wildman–Crippen LogP) is 3.66. The Hall–Kier alpha value is -0.850. The van der Waals surface area contributed by atoms with E-state index in [0.29, 0.717) is 5.92 Å². The molecule has 0 heterocycles. The summed E-state index contributed by atoms with van der Waals surface area (Å²) in [6.45, 7) is 2.22. The molecule has 1 nitrogen and oxygen atoms in total. The van der Waals surface area contributed by atoms with E-state index < -0.39 is 0 Å². The number of allylic oxidation sites excluding steroid dienone is 4. The van der Waals surface area contributed by atoms with Crippen molar-refractivity contribution in [3.05, 3.63) is 24.3 Å². The predicted molar refractivity (Wildman–Crippen MR) is 60.2 cm³/mol. The third-order valence-electron chi connectivity index (χ3n) is 2.60. The van der Waals surface area contributed by atoms with Gasteiger partial charge in [0.2, 0.25) is 0 Å². The Kier molecular flexibility index (Phi) is 5.28. The van der Waals surface area contributed by atoms with Gasteiger partial charge in [0.05, 0.1) is 0 Å². The van der Waals surface area contributed by atoms with Crippen LogP contribution in [-0.4, -0.2) is 5.78 Å². The van der Waals surface area contributed by atoms with Crippen LogP contribution in [0.5, 0.6) is 0 Å². The van der Waals surface area contributed by atoms with E-state index in [1.54, 1.807) is 6.08 Å². The van der Waals surface area contributed by atoms with E-state index >= 15 is 0 Å². The third-order valence-corrected chi connectivity index (χ3v) is 2.60. The highest BCUT2D eigenvalue weighted by atomic mass is 16.1. The minimum Gasteiger partial charge on any atom is -0.295 e. The van der Waals surface area contributed by atoms with E-state index in [1.807, 2.05) is 6.08 Å². The molecule has 0 N–H and O–H groups in total. The zero-order chi connectivity index (χ0) is 10.2. The van der Waals surface area contributed by atoms with Crippen LogP contribution in [0.15, 0.2) is 24.3 Å². The Morgan fingerprint density at radius 1 is 1.43 bits per heavy atom. The van der Waals surface area contributed by atoms with E-state index in [0.717, 1.165) is 12.8 Å². The fraction of sp³-hybridized carbons (Fsp3) is 0.615. The van der Waals surface area contributed by atoms with E-state index in [-0.39, 0.29) is 5.78 Å². The first-order valence-electron chi connectivity index (χ1n) is 5.69. The number of unbranched alkanes of at least 4 members (excludes halogenated alkanes) is 3. The van der Waals surface area contributed by atoms with Crippen molar-refractivity contribution < 1.29 is 4.79 Å². The second-order valence-corrected chi connectivity index (χ2v) is 3.99. The van der Waals surface area contributed by atoms with Crippen LogP contribution in [-0.2, 0) is 4.79 Å². The zero-order valence-electron chi connectivity index (χ0n) is 9.04. The van der Waals surface area contributed by atoms with Crippen LogP contribution in [0.4, 0.5) is 0 Å². The van der Waals surface area contributed by atoms with Crippen molar-refractivity contribution in [2.45, 2.75) is 45.4 Å². The van der Waals surface area contributed by atoms with Crippen LogP contribution in [0.25, 0.3) is 0 Å². The fourth-order valence-electron chi connectivity index (χ4n) is 1.70. The van der Waals surface area contributed by atoms with Crippen LogP contribution in [0.3, 0.4) is 0 Å². The quantitative estimate of drug-likeness (QED) is 0.463. The van der Waals surface area contributed by atoms with Crippen LogP contribution in [0.2, 0.25) is 0 Å². The first-order valence-corrected chi connectivity index (χ1v) is 5.69. The van der Waals surface area contributed by atoms with Gasteiger partial charge in [-0.25, -0.2) is 0 Å². The molecular formula is C13H20O. The van der Waals surface area contributed by atoms with Gasteiger partial charge in [-0.2, -0.15) is 0 Å². The summed E-state index contributed by atoms with van der Waals surface area (Å²) in [5, 5.41) is 0. The van der Waals surface area contributed by atoms with Crippen molar-refractivity contribution in [1.82, 2.24) is 0 Å². The van der Waals surface area contributed by atoms with E-state index in [4.69, 9.17) is 0 Å². The average molecular weight is 192 g/mol. The van der Waals surface area contributed by atoms with Gasteiger partial charge in [0.15, 0.2) is 5.78 Å². The number of carbonyl (C=O) groups is 1. The minimum atomic E-state index is 0.286. The van der Waals surface area contributed by atoms with Gasteiger partial charge in [-0.3, -0.25) is 4.79 Å². The second kappa shape index (κ2) is 6.58. The summed E-state index contributed by atoms with van der Waals surface area (Å²) in [6.07, 6.45) is 15.1. The molecule has 0 aromatic heterocycles. The maximum atomic E-state index is 10.9. The minimum absolute atomic E-state index is 0.286. The summed E-state index contributed by atoms with van der Waals surface area (Å²) >= 11 is 0. The van der Waals surface area contributed by atoms with Gasteiger partial charge in [0.1, 0.15) is 0 Å².